The fourth-order valence-corrected chi connectivity index (χ4v) is 19.4. The molecule has 490 valence electrons. The molecule has 2 aliphatic heterocycles. The van der Waals surface area contributed by atoms with Gasteiger partial charge in [0.1, 0.15) is 0 Å². The van der Waals surface area contributed by atoms with Crippen LogP contribution < -0.4 is 16.4 Å². The number of aromatic nitrogens is 2. The summed E-state index contributed by atoms with van der Waals surface area (Å²) in [6.45, 7) is 9.46. The molecule has 18 aromatic carbocycles. The lowest BCUT2D eigenvalue weighted by Crippen LogP contribution is -2.59. The number of fused-ring (bicyclic) bond motifs is 24. The minimum Gasteiger partial charge on any atom is -0.310 e. The predicted octanol–water partition coefficient (Wildman–Crippen LogP) is 24.9. The molecule has 20 aromatic rings. The fraction of sp³-hybridized carbons (Fsp3) is 0.0588. The highest BCUT2D eigenvalue weighted by molar-refractivity contribution is 7.00. The van der Waals surface area contributed by atoms with Crippen LogP contribution in [0.3, 0.4) is 0 Å². The van der Waals surface area contributed by atoms with Crippen molar-refractivity contribution in [2.45, 2.75) is 38.5 Å². The zero-order valence-corrected chi connectivity index (χ0v) is 58.9. The van der Waals surface area contributed by atoms with Gasteiger partial charge in [0, 0.05) is 60.0 Å². The zero-order valence-electron chi connectivity index (χ0n) is 58.9. The van der Waals surface area contributed by atoms with Crippen LogP contribution in [-0.2, 0) is 10.8 Å². The first-order valence-corrected chi connectivity index (χ1v) is 37.1. The van der Waals surface area contributed by atoms with E-state index >= 15 is 0 Å². The molecular formula is C102H69BN2. The van der Waals surface area contributed by atoms with Crippen LogP contribution in [0, 0.1) is 0 Å². The van der Waals surface area contributed by atoms with E-state index in [4.69, 9.17) is 0 Å². The minimum absolute atomic E-state index is 0.221. The second-order valence-electron chi connectivity index (χ2n) is 30.4. The Morgan fingerprint density at radius 1 is 0.229 bits per heavy atom. The third kappa shape index (κ3) is 8.44. The van der Waals surface area contributed by atoms with E-state index in [1.165, 1.54) is 186 Å². The Hall–Kier alpha value is -12.8. The van der Waals surface area contributed by atoms with Crippen molar-refractivity contribution >= 4 is 131 Å². The molecule has 0 atom stereocenters. The summed E-state index contributed by atoms with van der Waals surface area (Å²) in [5, 5.41) is 20.3. The van der Waals surface area contributed by atoms with Gasteiger partial charge in [0.2, 0.25) is 0 Å². The average molecular weight is 1330 g/mol. The molecule has 0 fully saturated rings. The van der Waals surface area contributed by atoms with E-state index < -0.39 is 0 Å². The molecule has 2 nitrogen and oxygen atoms in total. The Balaban J connectivity index is 0.990. The first-order valence-electron chi connectivity index (χ1n) is 37.1. The van der Waals surface area contributed by atoms with Crippen LogP contribution in [0.15, 0.2) is 346 Å². The molecular weight excluding hydrogens is 1260 g/mol. The maximum absolute atomic E-state index is 2.77. The Labute approximate surface area is 610 Å². The van der Waals surface area contributed by atoms with Gasteiger partial charge in [-0.15, -0.1) is 0 Å². The molecule has 3 heteroatoms. The van der Waals surface area contributed by atoms with E-state index in [1.54, 1.807) is 0 Å². The van der Waals surface area contributed by atoms with Crippen molar-refractivity contribution < 1.29 is 0 Å². The lowest BCUT2D eigenvalue weighted by atomic mass is 9.34. The zero-order chi connectivity index (χ0) is 69.6. The minimum atomic E-state index is -0.388. The van der Waals surface area contributed by atoms with Gasteiger partial charge in [0.15, 0.2) is 0 Å². The van der Waals surface area contributed by atoms with Gasteiger partial charge in [0.25, 0.3) is 6.71 Å². The van der Waals surface area contributed by atoms with E-state index in [1.807, 2.05) is 0 Å². The summed E-state index contributed by atoms with van der Waals surface area (Å²) < 4.78 is 5.50. The molecule has 4 heterocycles. The largest absolute Gasteiger partial charge is 0.310 e. The molecule has 2 aliphatic rings. The molecule has 0 N–H and O–H groups in total. The van der Waals surface area contributed by atoms with E-state index in [9.17, 15) is 0 Å². The third-order valence-corrected chi connectivity index (χ3v) is 24.4. The summed E-state index contributed by atoms with van der Waals surface area (Å²) in [5.74, 6) is 0. The summed E-state index contributed by atoms with van der Waals surface area (Å²) in [5.41, 5.74) is 27.4. The van der Waals surface area contributed by atoms with E-state index in [0.717, 1.165) is 27.8 Å². The number of benzene rings is 18. The van der Waals surface area contributed by atoms with Crippen LogP contribution in [0.5, 0.6) is 0 Å². The average Bonchev–Trinajstić information content (AvgIpc) is 1.52. The Bertz CT molecular complexity index is 7050. The smallest absolute Gasteiger partial charge is 0.252 e. The maximum Gasteiger partial charge on any atom is 0.252 e. The third-order valence-electron chi connectivity index (χ3n) is 24.4. The van der Waals surface area contributed by atoms with Crippen LogP contribution >= 0.6 is 0 Å². The second-order valence-corrected chi connectivity index (χ2v) is 30.4. The molecule has 0 aliphatic carbocycles. The van der Waals surface area contributed by atoms with Gasteiger partial charge in [-0.3, -0.25) is 0 Å². The molecule has 0 amide bonds. The van der Waals surface area contributed by atoms with Crippen molar-refractivity contribution in [2.24, 2.45) is 0 Å². The van der Waals surface area contributed by atoms with E-state index in [-0.39, 0.29) is 17.5 Å². The van der Waals surface area contributed by atoms with Crippen LogP contribution in [0.1, 0.15) is 49.9 Å². The van der Waals surface area contributed by atoms with Gasteiger partial charge in [-0.1, -0.05) is 331 Å². The number of nitrogens with zero attached hydrogens (tertiary/aromatic N) is 2. The summed E-state index contributed by atoms with van der Waals surface area (Å²) >= 11 is 0. The van der Waals surface area contributed by atoms with Crippen molar-refractivity contribution in [3.63, 3.8) is 0 Å². The molecule has 0 bridgehead atoms. The quantitative estimate of drug-likeness (QED) is 0.101. The number of hydrogen-bond acceptors (Lipinski definition) is 0. The Morgan fingerprint density at radius 2 is 0.610 bits per heavy atom. The Kier molecular flexibility index (Phi) is 12.7. The lowest BCUT2D eigenvalue weighted by molar-refractivity contribution is 0.641. The fourth-order valence-electron chi connectivity index (χ4n) is 19.4. The van der Waals surface area contributed by atoms with E-state index in [0.29, 0.717) is 0 Å². The van der Waals surface area contributed by atoms with Crippen molar-refractivity contribution in [1.82, 2.24) is 9.13 Å². The first kappa shape index (κ1) is 59.8. The topological polar surface area (TPSA) is 9.86 Å². The van der Waals surface area contributed by atoms with Crippen LogP contribution in [0.2, 0.25) is 0 Å². The maximum atomic E-state index is 2.77. The van der Waals surface area contributed by atoms with Crippen molar-refractivity contribution in [3.05, 3.63) is 368 Å². The van der Waals surface area contributed by atoms with Gasteiger partial charge in [-0.2, -0.15) is 0 Å². The highest BCUT2D eigenvalue weighted by Crippen LogP contribution is 2.54. The predicted molar refractivity (Wildman–Crippen MR) is 449 cm³/mol. The van der Waals surface area contributed by atoms with Gasteiger partial charge >= 0.3 is 0 Å². The highest BCUT2D eigenvalue weighted by Gasteiger charge is 2.44. The molecule has 0 unspecified atom stereocenters. The van der Waals surface area contributed by atoms with Crippen molar-refractivity contribution in [2.75, 3.05) is 0 Å². The lowest BCUT2D eigenvalue weighted by Gasteiger charge is -2.36. The summed E-state index contributed by atoms with van der Waals surface area (Å²) in [6, 6.07) is 132. The second kappa shape index (κ2) is 22.3. The standard InChI is InChI=1S/C102H69BN2/c1-101(2,67-39-19-9-20-40-67)69-51-53-87-82(57-69)84-58-70(102(3,4)68-41-21-10-22-42-68)59-85-99(84)104(87)89-55-66(81-60-80(62-31-11-5-12-32-62)91(63-33-13-6-14-34-63)93(65-37-17-8-18-38-65)92(81)64-35-15-7-16-36-64)56-90-98(89)103(85)86-61-83-76-48-26-24-44-72(76)74-46-28-30-50-78(74)95(83)97-96-88(105(90)100(86)97)54-52-79-75-47-25-23-43-71(75)73-45-27-29-49-77(73)94(79)96/h5-61H,1-4H3. The molecule has 105 heavy (non-hydrogen) atoms. The normalized spacial score (nSPS) is 12.7. The Morgan fingerprint density at radius 3 is 1.13 bits per heavy atom. The number of rotatable bonds is 9. The van der Waals surface area contributed by atoms with Crippen LogP contribution in [0.25, 0.3) is 175 Å². The van der Waals surface area contributed by atoms with Gasteiger partial charge in [-0.25, -0.2) is 0 Å². The van der Waals surface area contributed by atoms with Gasteiger partial charge < -0.3 is 9.13 Å². The molecule has 0 saturated heterocycles. The molecule has 2 aromatic heterocycles. The number of hydrogen-bond donors (Lipinski definition) is 0. The molecule has 0 radical (unpaired) electrons. The van der Waals surface area contributed by atoms with Crippen LogP contribution in [-0.4, -0.2) is 15.8 Å². The molecule has 0 saturated carbocycles. The van der Waals surface area contributed by atoms with Gasteiger partial charge in [-0.05, 0) is 191 Å². The van der Waals surface area contributed by atoms with E-state index in [2.05, 4.69) is 383 Å². The summed E-state index contributed by atoms with van der Waals surface area (Å²) in [7, 11) is 0. The summed E-state index contributed by atoms with van der Waals surface area (Å²) in [4.78, 5) is 0. The van der Waals surface area contributed by atoms with Crippen molar-refractivity contribution in [1.29, 1.82) is 0 Å². The highest BCUT2D eigenvalue weighted by atomic mass is 15.0. The SMILES string of the molecule is CC(C)(c1ccccc1)c1ccc2c(c1)c1cc(C(C)(C)c3ccccc3)cc3c1n2-c1cc(-c2cc(-c4ccccc4)c(-c4ccccc4)c(-c4ccccc4)c2-c2ccccc2)cc2c1B3c1cc3c4ccccc4c4ccccc4c3c3c4c5c6ccccc6c6ccccc6c5ccc4n-2c13. The first-order chi connectivity index (χ1) is 51.7. The van der Waals surface area contributed by atoms with Crippen molar-refractivity contribution in [3.8, 4) is 67.0 Å². The molecule has 22 rings (SSSR count). The monoisotopic (exact) mass is 1330 g/mol. The molecule has 0 spiro atoms. The van der Waals surface area contributed by atoms with Crippen LogP contribution in [0.4, 0.5) is 0 Å². The summed E-state index contributed by atoms with van der Waals surface area (Å²) in [6.07, 6.45) is 0. The van der Waals surface area contributed by atoms with Gasteiger partial charge in [0.05, 0.1) is 16.6 Å².